The van der Waals surface area contributed by atoms with Crippen LogP contribution in [0.5, 0.6) is 0 Å². The first kappa shape index (κ1) is 15.7. The maximum absolute atomic E-state index is 12.3. The number of fused-ring (bicyclic) bond motifs is 1. The average Bonchev–Trinajstić information content (AvgIpc) is 2.65. The van der Waals surface area contributed by atoms with Gasteiger partial charge in [-0.3, -0.25) is 9.59 Å². The monoisotopic (exact) mass is 318 g/mol. The summed E-state index contributed by atoms with van der Waals surface area (Å²) in [7, 11) is 1.59. The second-order valence-corrected chi connectivity index (χ2v) is 5.52. The summed E-state index contributed by atoms with van der Waals surface area (Å²) in [5.74, 6) is -0.274. The molecule has 0 spiro atoms. The van der Waals surface area contributed by atoms with Gasteiger partial charge in [0.05, 0.1) is 0 Å². The molecule has 0 radical (unpaired) electrons. The predicted octanol–water partition coefficient (Wildman–Crippen LogP) is 3.13. The van der Waals surface area contributed by atoms with Crippen LogP contribution in [0.15, 0.2) is 66.7 Å². The van der Waals surface area contributed by atoms with Crippen molar-refractivity contribution < 1.29 is 9.59 Å². The van der Waals surface area contributed by atoms with Gasteiger partial charge in [-0.15, -0.1) is 0 Å². The Bertz CT molecular complexity index is 903. The van der Waals surface area contributed by atoms with Crippen molar-refractivity contribution in [3.63, 3.8) is 0 Å². The lowest BCUT2D eigenvalue weighted by Crippen LogP contribution is -2.23. The highest BCUT2D eigenvalue weighted by Gasteiger charge is 2.08. The van der Waals surface area contributed by atoms with E-state index in [1.54, 1.807) is 19.2 Å². The van der Waals surface area contributed by atoms with E-state index in [1.165, 1.54) is 0 Å². The Morgan fingerprint density at radius 3 is 2.33 bits per heavy atom. The van der Waals surface area contributed by atoms with E-state index < -0.39 is 0 Å². The van der Waals surface area contributed by atoms with Crippen molar-refractivity contribution in [1.82, 2.24) is 10.6 Å². The number of hydrogen-bond donors (Lipinski definition) is 2. The topological polar surface area (TPSA) is 58.2 Å². The van der Waals surface area contributed by atoms with Crippen LogP contribution in [-0.4, -0.2) is 18.9 Å². The molecule has 0 atom stereocenters. The van der Waals surface area contributed by atoms with E-state index in [-0.39, 0.29) is 11.8 Å². The van der Waals surface area contributed by atoms with E-state index in [0.29, 0.717) is 17.7 Å². The minimum Gasteiger partial charge on any atom is -0.355 e. The van der Waals surface area contributed by atoms with Crippen LogP contribution in [0.4, 0.5) is 0 Å². The Balaban J connectivity index is 1.71. The number of carbonyl (C=O) groups is 2. The van der Waals surface area contributed by atoms with Crippen LogP contribution in [0.2, 0.25) is 0 Å². The molecule has 0 saturated carbocycles. The number of carbonyl (C=O) groups excluding carboxylic acids is 2. The van der Waals surface area contributed by atoms with E-state index in [9.17, 15) is 9.59 Å². The largest absolute Gasteiger partial charge is 0.355 e. The number of hydrogen-bond acceptors (Lipinski definition) is 2. The highest BCUT2D eigenvalue weighted by Crippen LogP contribution is 2.15. The Kier molecular flexibility index (Phi) is 4.57. The lowest BCUT2D eigenvalue weighted by Gasteiger charge is -2.08. The molecule has 0 heterocycles. The van der Waals surface area contributed by atoms with Gasteiger partial charge >= 0.3 is 0 Å². The first-order chi connectivity index (χ1) is 11.7. The number of amides is 2. The Morgan fingerprint density at radius 1 is 0.792 bits per heavy atom. The lowest BCUT2D eigenvalue weighted by atomic mass is 10.1. The SMILES string of the molecule is CNC(=O)c1cccc(CNC(=O)c2ccc3ccccc3c2)c1. The second kappa shape index (κ2) is 6.96. The van der Waals surface area contributed by atoms with Crippen molar-refractivity contribution in [2.75, 3.05) is 7.05 Å². The van der Waals surface area contributed by atoms with Crippen LogP contribution in [0.3, 0.4) is 0 Å². The van der Waals surface area contributed by atoms with Gasteiger partial charge in [-0.1, -0.05) is 42.5 Å². The molecule has 0 saturated heterocycles. The van der Waals surface area contributed by atoms with Crippen LogP contribution in [-0.2, 0) is 6.54 Å². The van der Waals surface area contributed by atoms with Crippen molar-refractivity contribution in [2.45, 2.75) is 6.54 Å². The van der Waals surface area contributed by atoms with Gasteiger partial charge in [0.25, 0.3) is 11.8 Å². The zero-order chi connectivity index (χ0) is 16.9. The lowest BCUT2D eigenvalue weighted by molar-refractivity contribution is 0.0948. The summed E-state index contributed by atoms with van der Waals surface area (Å²) in [6.45, 7) is 0.372. The van der Waals surface area contributed by atoms with Gasteiger partial charge in [0, 0.05) is 24.7 Å². The van der Waals surface area contributed by atoms with Crippen LogP contribution >= 0.6 is 0 Å². The van der Waals surface area contributed by atoms with E-state index in [4.69, 9.17) is 0 Å². The zero-order valence-corrected chi connectivity index (χ0v) is 13.4. The Morgan fingerprint density at radius 2 is 1.54 bits per heavy atom. The quantitative estimate of drug-likeness (QED) is 0.776. The average molecular weight is 318 g/mol. The summed E-state index contributed by atoms with van der Waals surface area (Å²) in [5, 5.41) is 7.62. The molecule has 0 aliphatic heterocycles. The molecular weight excluding hydrogens is 300 g/mol. The summed E-state index contributed by atoms with van der Waals surface area (Å²) in [6.07, 6.45) is 0. The molecular formula is C20H18N2O2. The molecule has 2 N–H and O–H groups in total. The minimum absolute atomic E-state index is 0.133. The van der Waals surface area contributed by atoms with E-state index >= 15 is 0 Å². The number of nitrogens with one attached hydrogen (secondary N) is 2. The van der Waals surface area contributed by atoms with E-state index in [1.807, 2.05) is 54.6 Å². The summed E-state index contributed by atoms with van der Waals surface area (Å²) < 4.78 is 0. The summed E-state index contributed by atoms with van der Waals surface area (Å²) in [6, 6.07) is 20.8. The van der Waals surface area contributed by atoms with Gasteiger partial charge in [-0.25, -0.2) is 0 Å². The third-order valence-corrected chi connectivity index (χ3v) is 3.88. The van der Waals surface area contributed by atoms with Crippen LogP contribution in [0.25, 0.3) is 10.8 Å². The molecule has 3 aromatic carbocycles. The van der Waals surface area contributed by atoms with Crippen molar-refractivity contribution in [2.24, 2.45) is 0 Å². The van der Waals surface area contributed by atoms with Gasteiger partial charge in [0.15, 0.2) is 0 Å². The highest BCUT2D eigenvalue weighted by atomic mass is 16.2. The van der Waals surface area contributed by atoms with Crippen LogP contribution in [0, 0.1) is 0 Å². The van der Waals surface area contributed by atoms with Gasteiger partial charge in [-0.05, 0) is 40.6 Å². The van der Waals surface area contributed by atoms with E-state index in [0.717, 1.165) is 16.3 Å². The predicted molar refractivity (Wildman–Crippen MR) is 95.0 cm³/mol. The van der Waals surface area contributed by atoms with Crippen LogP contribution in [0.1, 0.15) is 26.3 Å². The van der Waals surface area contributed by atoms with Crippen molar-refractivity contribution in [3.05, 3.63) is 83.4 Å². The third-order valence-electron chi connectivity index (χ3n) is 3.88. The molecule has 0 bridgehead atoms. The molecule has 0 unspecified atom stereocenters. The first-order valence-electron chi connectivity index (χ1n) is 7.75. The molecule has 0 aliphatic rings. The molecule has 0 aromatic heterocycles. The molecule has 2 amide bonds. The first-order valence-corrected chi connectivity index (χ1v) is 7.75. The molecule has 4 heteroatoms. The number of benzene rings is 3. The maximum atomic E-state index is 12.3. The third kappa shape index (κ3) is 3.43. The number of rotatable bonds is 4. The van der Waals surface area contributed by atoms with Gasteiger partial charge < -0.3 is 10.6 Å². The van der Waals surface area contributed by atoms with Crippen molar-refractivity contribution >= 4 is 22.6 Å². The van der Waals surface area contributed by atoms with Gasteiger partial charge in [-0.2, -0.15) is 0 Å². The van der Waals surface area contributed by atoms with Crippen LogP contribution < -0.4 is 10.6 Å². The smallest absolute Gasteiger partial charge is 0.251 e. The summed E-state index contributed by atoms with van der Waals surface area (Å²) >= 11 is 0. The fourth-order valence-corrected chi connectivity index (χ4v) is 2.58. The fraction of sp³-hybridized carbons (Fsp3) is 0.100. The molecule has 0 fully saturated rings. The molecule has 24 heavy (non-hydrogen) atoms. The molecule has 0 aliphatic carbocycles. The maximum Gasteiger partial charge on any atom is 0.251 e. The summed E-state index contributed by atoms with van der Waals surface area (Å²) in [5.41, 5.74) is 2.08. The fourth-order valence-electron chi connectivity index (χ4n) is 2.58. The standard InChI is InChI=1S/C20H18N2O2/c1-21-19(23)17-8-4-5-14(11-17)13-22-20(24)18-10-9-15-6-2-3-7-16(15)12-18/h2-12H,13H2,1H3,(H,21,23)(H,22,24). The van der Waals surface area contributed by atoms with Crippen molar-refractivity contribution in [3.8, 4) is 0 Å². The highest BCUT2D eigenvalue weighted by molar-refractivity contribution is 5.98. The summed E-state index contributed by atoms with van der Waals surface area (Å²) in [4.78, 5) is 24.0. The molecule has 3 aromatic rings. The molecule has 120 valence electrons. The van der Waals surface area contributed by atoms with Gasteiger partial charge in [0.1, 0.15) is 0 Å². The Hall–Kier alpha value is -3.14. The normalized spacial score (nSPS) is 10.4. The molecule has 3 rings (SSSR count). The Labute approximate surface area is 140 Å². The molecule has 4 nitrogen and oxygen atoms in total. The van der Waals surface area contributed by atoms with E-state index in [2.05, 4.69) is 10.6 Å². The zero-order valence-electron chi connectivity index (χ0n) is 13.4. The second-order valence-electron chi connectivity index (χ2n) is 5.52. The minimum atomic E-state index is -0.141. The van der Waals surface area contributed by atoms with Gasteiger partial charge in [0.2, 0.25) is 0 Å². The van der Waals surface area contributed by atoms with Crippen molar-refractivity contribution in [1.29, 1.82) is 0 Å².